The molecule has 27 heavy (non-hydrogen) atoms. The zero-order valence-electron chi connectivity index (χ0n) is 15.5. The predicted octanol–water partition coefficient (Wildman–Crippen LogP) is 4.57. The smallest absolute Gasteiger partial charge is 0.226 e. The van der Waals surface area contributed by atoms with Crippen LogP contribution in [-0.4, -0.2) is 26.1 Å². The van der Waals surface area contributed by atoms with Crippen LogP contribution in [0.4, 0.5) is 11.8 Å². The number of halogens is 1. The van der Waals surface area contributed by atoms with Crippen LogP contribution in [0, 0.1) is 0 Å². The van der Waals surface area contributed by atoms with Crippen molar-refractivity contribution in [2.45, 2.75) is 39.2 Å². The molecule has 0 spiro atoms. The van der Waals surface area contributed by atoms with Crippen LogP contribution < -0.4 is 11.1 Å². The number of hydrogen-bond donors (Lipinski definition) is 2. The second kappa shape index (κ2) is 9.50. The van der Waals surface area contributed by atoms with Gasteiger partial charge in [0.15, 0.2) is 21.7 Å². The number of hydrogen-bond acceptors (Lipinski definition) is 5. The van der Waals surface area contributed by atoms with E-state index in [1.54, 1.807) is 0 Å². The molecular formula is C20H25BrN6. The molecule has 0 radical (unpaired) electrons. The standard InChI is InChI=1S/C20H25BrN6/c1-2-3-4-5-9-14-27-18-16(24-19(27)21)17(22)25-20(26-18)23-13-12-15-10-7-6-8-11-15/h3-4,6-8,10-11H,2,5,9,12-14H2,1H3,(H3,22,23,25,26). The summed E-state index contributed by atoms with van der Waals surface area (Å²) in [6, 6.07) is 10.3. The first kappa shape index (κ1) is 19.4. The molecule has 2 aromatic heterocycles. The normalized spacial score (nSPS) is 11.5. The molecule has 6 nitrogen and oxygen atoms in total. The molecule has 0 aliphatic rings. The van der Waals surface area contributed by atoms with Crippen LogP contribution in [-0.2, 0) is 13.0 Å². The van der Waals surface area contributed by atoms with Crippen LogP contribution in [0.15, 0.2) is 47.2 Å². The summed E-state index contributed by atoms with van der Waals surface area (Å²) in [6.45, 7) is 3.71. The minimum atomic E-state index is 0.396. The number of anilines is 2. The number of unbranched alkanes of at least 4 members (excludes halogenated alkanes) is 1. The molecule has 142 valence electrons. The number of nitrogens with one attached hydrogen (secondary N) is 1. The summed E-state index contributed by atoms with van der Waals surface area (Å²) in [4.78, 5) is 13.5. The van der Waals surface area contributed by atoms with Crippen molar-refractivity contribution >= 4 is 38.9 Å². The number of nitrogens with zero attached hydrogens (tertiary/aromatic N) is 4. The number of allylic oxidation sites excluding steroid dienone is 2. The highest BCUT2D eigenvalue weighted by molar-refractivity contribution is 9.10. The lowest BCUT2D eigenvalue weighted by Crippen LogP contribution is -2.10. The van der Waals surface area contributed by atoms with E-state index in [-0.39, 0.29) is 0 Å². The second-order valence-electron chi connectivity index (χ2n) is 6.32. The van der Waals surface area contributed by atoms with E-state index < -0.39 is 0 Å². The summed E-state index contributed by atoms with van der Waals surface area (Å²) in [7, 11) is 0. The van der Waals surface area contributed by atoms with Gasteiger partial charge in [-0.2, -0.15) is 9.97 Å². The number of imidazole rings is 1. The minimum Gasteiger partial charge on any atom is -0.382 e. The fraction of sp³-hybridized carbons (Fsp3) is 0.350. The monoisotopic (exact) mass is 428 g/mol. The molecule has 7 heteroatoms. The van der Waals surface area contributed by atoms with Crippen LogP contribution >= 0.6 is 15.9 Å². The van der Waals surface area contributed by atoms with Crippen LogP contribution in [0.3, 0.4) is 0 Å². The van der Waals surface area contributed by atoms with Gasteiger partial charge in [-0.05, 0) is 47.2 Å². The van der Waals surface area contributed by atoms with Crippen molar-refractivity contribution in [3.63, 3.8) is 0 Å². The van der Waals surface area contributed by atoms with E-state index in [1.807, 2.05) is 18.2 Å². The Labute approximate surface area is 168 Å². The first-order valence-corrected chi connectivity index (χ1v) is 10.1. The summed E-state index contributed by atoms with van der Waals surface area (Å²) in [5.74, 6) is 0.933. The van der Waals surface area contributed by atoms with Crippen LogP contribution in [0.1, 0.15) is 31.7 Å². The minimum absolute atomic E-state index is 0.396. The van der Waals surface area contributed by atoms with Crippen molar-refractivity contribution in [1.29, 1.82) is 0 Å². The van der Waals surface area contributed by atoms with Gasteiger partial charge in [-0.1, -0.05) is 49.4 Å². The zero-order valence-corrected chi connectivity index (χ0v) is 17.1. The largest absolute Gasteiger partial charge is 0.382 e. The van der Waals surface area contributed by atoms with Crippen molar-refractivity contribution in [2.75, 3.05) is 17.6 Å². The molecule has 0 saturated carbocycles. The fourth-order valence-corrected chi connectivity index (χ4v) is 3.41. The molecule has 0 unspecified atom stereocenters. The average molecular weight is 429 g/mol. The Bertz CT molecular complexity index is 904. The summed E-state index contributed by atoms with van der Waals surface area (Å²) in [6.07, 6.45) is 8.42. The summed E-state index contributed by atoms with van der Waals surface area (Å²) in [5.41, 5.74) is 8.79. The molecule has 0 fully saturated rings. The van der Waals surface area contributed by atoms with Crippen LogP contribution in [0.25, 0.3) is 11.2 Å². The van der Waals surface area contributed by atoms with Crippen molar-refractivity contribution in [1.82, 2.24) is 19.5 Å². The molecule has 3 aromatic rings. The van der Waals surface area contributed by atoms with Gasteiger partial charge in [0.25, 0.3) is 0 Å². The molecule has 0 atom stereocenters. The molecule has 0 bridgehead atoms. The van der Waals surface area contributed by atoms with E-state index in [4.69, 9.17) is 5.73 Å². The number of nitrogen functional groups attached to an aromatic ring is 1. The van der Waals surface area contributed by atoms with E-state index in [0.29, 0.717) is 17.3 Å². The molecule has 0 saturated heterocycles. The van der Waals surface area contributed by atoms with Crippen LogP contribution in [0.5, 0.6) is 0 Å². The lowest BCUT2D eigenvalue weighted by molar-refractivity contribution is 0.648. The molecule has 0 amide bonds. The zero-order chi connectivity index (χ0) is 19.1. The molecule has 3 N–H and O–H groups in total. The summed E-state index contributed by atoms with van der Waals surface area (Å²) < 4.78 is 2.79. The first-order chi connectivity index (χ1) is 13.2. The van der Waals surface area contributed by atoms with E-state index in [2.05, 4.69) is 72.0 Å². The highest BCUT2D eigenvalue weighted by Crippen LogP contribution is 2.24. The van der Waals surface area contributed by atoms with Crippen molar-refractivity contribution in [2.24, 2.45) is 0 Å². The molecule has 1 aromatic carbocycles. The Morgan fingerprint density at radius 3 is 2.74 bits per heavy atom. The number of fused-ring (bicyclic) bond motifs is 1. The number of aromatic nitrogens is 4. The molecule has 2 heterocycles. The highest BCUT2D eigenvalue weighted by Gasteiger charge is 2.15. The maximum absolute atomic E-state index is 6.12. The second-order valence-corrected chi connectivity index (χ2v) is 7.03. The molecular weight excluding hydrogens is 404 g/mol. The van der Waals surface area contributed by atoms with Gasteiger partial charge in [-0.15, -0.1) is 0 Å². The number of benzene rings is 1. The van der Waals surface area contributed by atoms with E-state index in [9.17, 15) is 0 Å². The third-order valence-corrected chi connectivity index (χ3v) is 4.87. The van der Waals surface area contributed by atoms with E-state index >= 15 is 0 Å². The van der Waals surface area contributed by atoms with Gasteiger partial charge in [-0.25, -0.2) is 4.98 Å². The van der Waals surface area contributed by atoms with E-state index in [1.165, 1.54) is 5.56 Å². The van der Waals surface area contributed by atoms with Gasteiger partial charge >= 0.3 is 0 Å². The quantitative estimate of drug-likeness (QED) is 0.296. The number of rotatable bonds is 9. The van der Waals surface area contributed by atoms with Crippen molar-refractivity contribution < 1.29 is 0 Å². The van der Waals surface area contributed by atoms with Gasteiger partial charge in [0, 0.05) is 13.1 Å². The summed E-state index contributed by atoms with van der Waals surface area (Å²) in [5, 5.41) is 3.28. The van der Waals surface area contributed by atoms with Gasteiger partial charge in [-0.3, -0.25) is 0 Å². The third-order valence-electron chi connectivity index (χ3n) is 4.27. The fourth-order valence-electron chi connectivity index (χ4n) is 2.89. The first-order valence-electron chi connectivity index (χ1n) is 9.31. The highest BCUT2D eigenvalue weighted by atomic mass is 79.9. The Morgan fingerprint density at radius 2 is 1.96 bits per heavy atom. The van der Waals surface area contributed by atoms with Gasteiger partial charge in [0.2, 0.25) is 5.95 Å². The van der Waals surface area contributed by atoms with E-state index in [0.717, 1.165) is 49.2 Å². The molecule has 3 rings (SSSR count). The Morgan fingerprint density at radius 1 is 1.15 bits per heavy atom. The van der Waals surface area contributed by atoms with Gasteiger partial charge < -0.3 is 15.6 Å². The lowest BCUT2D eigenvalue weighted by atomic mass is 10.1. The number of nitrogens with two attached hydrogens (primary N) is 1. The van der Waals surface area contributed by atoms with Gasteiger partial charge in [0.05, 0.1) is 0 Å². The number of aryl methyl sites for hydroxylation is 1. The lowest BCUT2D eigenvalue weighted by Gasteiger charge is -2.08. The maximum Gasteiger partial charge on any atom is 0.226 e. The maximum atomic E-state index is 6.12. The Balaban J connectivity index is 1.71. The Kier molecular flexibility index (Phi) is 6.81. The van der Waals surface area contributed by atoms with Crippen molar-refractivity contribution in [3.8, 4) is 0 Å². The Hall–Kier alpha value is -2.41. The van der Waals surface area contributed by atoms with Gasteiger partial charge in [0.1, 0.15) is 0 Å². The molecule has 0 aliphatic heterocycles. The van der Waals surface area contributed by atoms with Crippen molar-refractivity contribution in [3.05, 3.63) is 52.8 Å². The molecule has 0 aliphatic carbocycles. The SMILES string of the molecule is CCC=CCCCn1c(Br)nc2c(N)nc(NCCc3ccccc3)nc21. The average Bonchev–Trinajstić information content (AvgIpc) is 2.99. The predicted molar refractivity (Wildman–Crippen MR) is 115 cm³/mol. The summed E-state index contributed by atoms with van der Waals surface area (Å²) >= 11 is 3.52. The third kappa shape index (κ3) is 5.07. The van der Waals surface area contributed by atoms with Crippen LogP contribution in [0.2, 0.25) is 0 Å². The topological polar surface area (TPSA) is 81.7 Å².